The summed E-state index contributed by atoms with van der Waals surface area (Å²) in [6.07, 6.45) is 1.33. The van der Waals surface area contributed by atoms with Gasteiger partial charge in [0.15, 0.2) is 0 Å². The van der Waals surface area contributed by atoms with Gasteiger partial charge in [0.2, 0.25) is 5.76 Å². The number of hydrogen-bond donors (Lipinski definition) is 1. The molecular weight excluding hydrogens is 104 g/mol. The second-order valence-electron chi connectivity index (χ2n) is 1.36. The number of nitriles is 1. The molecule has 1 rings (SSSR count). The van der Waals surface area contributed by atoms with E-state index in [-0.39, 0.29) is 5.76 Å². The quantitative estimate of drug-likeness (QED) is 0.533. The summed E-state index contributed by atoms with van der Waals surface area (Å²) in [5, 5.41) is 8.15. The third-order valence-corrected chi connectivity index (χ3v) is 0.730. The average Bonchev–Trinajstić information content (AvgIpc) is 2.14. The summed E-state index contributed by atoms with van der Waals surface area (Å²) in [5.41, 5.74) is 5.70. The molecule has 3 nitrogen and oxygen atoms in total. The highest BCUT2D eigenvalue weighted by Crippen LogP contribution is 2.06. The molecule has 0 aliphatic rings. The molecule has 0 saturated heterocycles. The molecule has 1 aromatic heterocycles. The summed E-state index contributed by atoms with van der Waals surface area (Å²) in [7, 11) is 0. The first-order valence-corrected chi connectivity index (χ1v) is 2.07. The van der Waals surface area contributed by atoms with Crippen LogP contribution in [0.2, 0.25) is 0 Å². The van der Waals surface area contributed by atoms with Gasteiger partial charge in [-0.05, 0) is 0 Å². The third-order valence-electron chi connectivity index (χ3n) is 0.730. The molecule has 0 aromatic carbocycles. The molecule has 1 heterocycles. The van der Waals surface area contributed by atoms with E-state index in [1.165, 1.54) is 12.3 Å². The fraction of sp³-hybridized carbons (Fsp3) is 0. The van der Waals surface area contributed by atoms with Gasteiger partial charge in [-0.15, -0.1) is 0 Å². The van der Waals surface area contributed by atoms with Gasteiger partial charge in [0.1, 0.15) is 12.3 Å². The van der Waals surface area contributed by atoms with E-state index in [0.29, 0.717) is 5.69 Å². The summed E-state index contributed by atoms with van der Waals surface area (Å²) in [4.78, 5) is 0. The monoisotopic (exact) mass is 108 g/mol. The first kappa shape index (κ1) is 4.72. The molecule has 0 fully saturated rings. The Balaban J connectivity index is 3.05. The minimum atomic E-state index is 0.252. The molecule has 0 bridgehead atoms. The van der Waals surface area contributed by atoms with Gasteiger partial charge in [-0.2, -0.15) is 5.26 Å². The lowest BCUT2D eigenvalue weighted by Gasteiger charge is -1.67. The Hall–Kier alpha value is -1.43. The number of furan rings is 1. The number of hydrogen-bond acceptors (Lipinski definition) is 3. The Morgan fingerprint density at radius 2 is 2.50 bits per heavy atom. The number of nitrogens with two attached hydrogens (primary N) is 1. The predicted molar refractivity (Wildman–Crippen MR) is 27.8 cm³/mol. The van der Waals surface area contributed by atoms with Crippen molar-refractivity contribution in [1.82, 2.24) is 0 Å². The van der Waals surface area contributed by atoms with Crippen LogP contribution in [0.25, 0.3) is 0 Å². The van der Waals surface area contributed by atoms with Crippen molar-refractivity contribution in [1.29, 1.82) is 5.26 Å². The van der Waals surface area contributed by atoms with Crippen molar-refractivity contribution in [2.75, 3.05) is 5.73 Å². The zero-order valence-electron chi connectivity index (χ0n) is 4.09. The highest BCUT2D eigenvalue weighted by atomic mass is 16.3. The number of anilines is 1. The van der Waals surface area contributed by atoms with Crippen molar-refractivity contribution in [2.45, 2.75) is 0 Å². The minimum absolute atomic E-state index is 0.252. The van der Waals surface area contributed by atoms with Crippen LogP contribution in [0.4, 0.5) is 5.69 Å². The second kappa shape index (κ2) is 1.58. The average molecular weight is 108 g/mol. The molecule has 0 amide bonds. The Bertz CT molecular complexity index is 221. The maximum Gasteiger partial charge on any atom is 0.205 e. The van der Waals surface area contributed by atoms with E-state index in [4.69, 9.17) is 11.0 Å². The highest BCUT2D eigenvalue weighted by Gasteiger charge is 1.92. The normalized spacial score (nSPS) is 8.38. The van der Waals surface area contributed by atoms with Crippen LogP contribution in [0, 0.1) is 11.3 Å². The lowest BCUT2D eigenvalue weighted by atomic mass is 10.4. The lowest BCUT2D eigenvalue weighted by molar-refractivity contribution is 0.554. The van der Waals surface area contributed by atoms with E-state index in [1.807, 2.05) is 0 Å². The number of nitrogens with zero attached hydrogens (tertiary/aromatic N) is 1. The zero-order chi connectivity index (χ0) is 5.98. The summed E-state index contributed by atoms with van der Waals surface area (Å²) in [5.74, 6) is 0.252. The van der Waals surface area contributed by atoms with E-state index in [1.54, 1.807) is 6.07 Å². The summed E-state index contributed by atoms with van der Waals surface area (Å²) in [6.45, 7) is 0. The van der Waals surface area contributed by atoms with Crippen LogP contribution in [0.15, 0.2) is 16.7 Å². The van der Waals surface area contributed by atoms with Gasteiger partial charge in [-0.25, -0.2) is 0 Å². The van der Waals surface area contributed by atoms with Crippen LogP contribution >= 0.6 is 0 Å². The van der Waals surface area contributed by atoms with Crippen LogP contribution in [-0.2, 0) is 0 Å². The van der Waals surface area contributed by atoms with Crippen LogP contribution < -0.4 is 5.73 Å². The van der Waals surface area contributed by atoms with Crippen molar-refractivity contribution >= 4 is 5.69 Å². The van der Waals surface area contributed by atoms with Crippen molar-refractivity contribution < 1.29 is 4.42 Å². The van der Waals surface area contributed by atoms with Crippen LogP contribution in [0.5, 0.6) is 0 Å². The Morgan fingerprint density at radius 1 is 1.75 bits per heavy atom. The third kappa shape index (κ3) is 0.636. The van der Waals surface area contributed by atoms with Gasteiger partial charge in [0.25, 0.3) is 0 Å². The molecule has 1 aromatic rings. The molecule has 0 radical (unpaired) electrons. The topological polar surface area (TPSA) is 63.0 Å². The van der Waals surface area contributed by atoms with E-state index in [9.17, 15) is 0 Å². The highest BCUT2D eigenvalue weighted by molar-refractivity contribution is 5.38. The molecular formula is C5H4N2O. The molecule has 40 valence electrons. The molecule has 3 heteroatoms. The first-order chi connectivity index (χ1) is 3.83. The standard InChI is InChI=1S/C5H4N2O/c6-2-5-1-4(7)3-8-5/h1,3H,7H2. The smallest absolute Gasteiger partial charge is 0.205 e. The maximum atomic E-state index is 8.15. The Morgan fingerprint density at radius 3 is 2.75 bits per heavy atom. The molecule has 8 heavy (non-hydrogen) atoms. The first-order valence-electron chi connectivity index (χ1n) is 2.07. The fourth-order valence-corrected chi connectivity index (χ4v) is 0.410. The van der Waals surface area contributed by atoms with Gasteiger partial charge in [0.05, 0.1) is 5.69 Å². The SMILES string of the molecule is N#Cc1cc(N)co1. The van der Waals surface area contributed by atoms with Crippen LogP contribution in [0.3, 0.4) is 0 Å². The largest absolute Gasteiger partial charge is 0.452 e. The molecule has 2 N–H and O–H groups in total. The fourth-order valence-electron chi connectivity index (χ4n) is 0.410. The zero-order valence-corrected chi connectivity index (χ0v) is 4.09. The molecule has 0 unspecified atom stereocenters. The van der Waals surface area contributed by atoms with Gasteiger partial charge >= 0.3 is 0 Å². The van der Waals surface area contributed by atoms with E-state index >= 15 is 0 Å². The molecule has 0 aliphatic carbocycles. The summed E-state index contributed by atoms with van der Waals surface area (Å²) < 4.78 is 4.63. The van der Waals surface area contributed by atoms with Gasteiger partial charge < -0.3 is 10.2 Å². The number of nitrogen functional groups attached to an aromatic ring is 1. The molecule has 0 atom stereocenters. The van der Waals surface area contributed by atoms with Crippen molar-refractivity contribution in [3.8, 4) is 6.07 Å². The maximum absolute atomic E-state index is 8.15. The second-order valence-corrected chi connectivity index (χ2v) is 1.36. The predicted octanol–water partition coefficient (Wildman–Crippen LogP) is 0.733. The van der Waals surface area contributed by atoms with E-state index in [2.05, 4.69) is 4.42 Å². The number of rotatable bonds is 0. The minimum Gasteiger partial charge on any atom is -0.452 e. The van der Waals surface area contributed by atoms with Crippen molar-refractivity contribution in [2.24, 2.45) is 0 Å². The summed E-state index contributed by atoms with van der Waals surface area (Å²) >= 11 is 0. The lowest BCUT2D eigenvalue weighted by Crippen LogP contribution is -1.75. The Labute approximate surface area is 46.3 Å². The van der Waals surface area contributed by atoms with E-state index < -0.39 is 0 Å². The van der Waals surface area contributed by atoms with Crippen molar-refractivity contribution in [3.05, 3.63) is 18.1 Å². The molecule has 0 spiro atoms. The Kier molecular flexibility index (Phi) is 0.935. The van der Waals surface area contributed by atoms with E-state index in [0.717, 1.165) is 0 Å². The summed E-state index contributed by atoms with van der Waals surface area (Å²) in [6, 6.07) is 3.27. The van der Waals surface area contributed by atoms with Crippen LogP contribution in [-0.4, -0.2) is 0 Å². The van der Waals surface area contributed by atoms with Gasteiger partial charge in [-0.3, -0.25) is 0 Å². The van der Waals surface area contributed by atoms with Gasteiger partial charge in [-0.1, -0.05) is 0 Å². The molecule has 0 aliphatic heterocycles. The van der Waals surface area contributed by atoms with Gasteiger partial charge in [0, 0.05) is 6.07 Å². The van der Waals surface area contributed by atoms with Crippen molar-refractivity contribution in [3.63, 3.8) is 0 Å². The molecule has 0 saturated carbocycles. The van der Waals surface area contributed by atoms with Crippen LogP contribution in [0.1, 0.15) is 5.76 Å².